The van der Waals surface area contributed by atoms with Gasteiger partial charge >= 0.3 is 5.97 Å². The van der Waals surface area contributed by atoms with Gasteiger partial charge in [-0.2, -0.15) is 0 Å². The van der Waals surface area contributed by atoms with Gasteiger partial charge in [-0.3, -0.25) is 14.9 Å². The number of nitrogens with zero attached hydrogens (tertiary/aromatic N) is 1. The van der Waals surface area contributed by atoms with E-state index >= 15 is 0 Å². The number of carbonyl (C=O) groups excluding carboxylic acids is 2. The number of methoxy groups -OCH3 is 2. The molecule has 0 aromatic heterocycles. The fourth-order valence-corrected chi connectivity index (χ4v) is 5.33. The number of hydrogen-bond donors (Lipinski definition) is 1. The van der Waals surface area contributed by atoms with Crippen LogP contribution in [0.2, 0.25) is 5.02 Å². The highest BCUT2D eigenvalue weighted by molar-refractivity contribution is 6.31. The Balaban J connectivity index is 1.83. The molecule has 2 atom stereocenters. The van der Waals surface area contributed by atoms with Gasteiger partial charge in [-0.25, -0.2) is 4.79 Å². The molecule has 1 N–H and O–H groups in total. The fraction of sp³-hybridized carbons (Fsp3) is 0.357. The molecule has 1 aliphatic carbocycles. The normalized spacial score (nSPS) is 19.0. The number of dihydropyridines is 1. The predicted molar refractivity (Wildman–Crippen MR) is 141 cm³/mol. The van der Waals surface area contributed by atoms with Gasteiger partial charge in [0.25, 0.3) is 5.69 Å². The summed E-state index contributed by atoms with van der Waals surface area (Å²) < 4.78 is 16.2. The van der Waals surface area contributed by atoms with E-state index < -0.39 is 16.8 Å². The second kappa shape index (κ2) is 11.3. The van der Waals surface area contributed by atoms with Crippen molar-refractivity contribution < 1.29 is 28.7 Å². The Morgan fingerprint density at radius 3 is 2.53 bits per heavy atom. The van der Waals surface area contributed by atoms with Gasteiger partial charge in [0.2, 0.25) is 0 Å². The molecule has 9 nitrogen and oxygen atoms in total. The van der Waals surface area contributed by atoms with Crippen LogP contribution in [-0.2, 0) is 14.3 Å². The Morgan fingerprint density at radius 2 is 1.87 bits per heavy atom. The maximum atomic E-state index is 13.8. The molecule has 0 saturated carbocycles. The maximum Gasteiger partial charge on any atom is 0.336 e. The van der Waals surface area contributed by atoms with Gasteiger partial charge < -0.3 is 19.5 Å². The van der Waals surface area contributed by atoms with Crippen LogP contribution in [0.1, 0.15) is 56.1 Å². The SMILES string of the molecule is CCCOC(=O)C1=C(C)NC2=C(C(=O)C[C@@H](c3ccc(OC)c(OC)c3)C2)[C@@H]1c1cc([N+](=O)[O-])ccc1Cl. The summed E-state index contributed by atoms with van der Waals surface area (Å²) in [7, 11) is 3.11. The van der Waals surface area contributed by atoms with Crippen LogP contribution in [0, 0.1) is 10.1 Å². The van der Waals surface area contributed by atoms with Crippen LogP contribution in [0.3, 0.4) is 0 Å². The molecule has 0 bridgehead atoms. The number of nitro groups is 1. The summed E-state index contributed by atoms with van der Waals surface area (Å²) in [6.45, 7) is 3.81. The summed E-state index contributed by atoms with van der Waals surface area (Å²) >= 11 is 6.54. The molecule has 0 amide bonds. The molecule has 0 saturated heterocycles. The van der Waals surface area contributed by atoms with Crippen molar-refractivity contribution in [1.29, 1.82) is 0 Å². The van der Waals surface area contributed by atoms with Crippen molar-refractivity contribution in [3.05, 3.63) is 85.2 Å². The van der Waals surface area contributed by atoms with Crippen LogP contribution >= 0.6 is 11.6 Å². The molecular weight excluding hydrogens is 512 g/mol. The van der Waals surface area contributed by atoms with Crippen LogP contribution in [0.25, 0.3) is 0 Å². The van der Waals surface area contributed by atoms with E-state index in [1.807, 2.05) is 19.1 Å². The molecule has 4 rings (SSSR count). The first-order valence-electron chi connectivity index (χ1n) is 12.3. The van der Waals surface area contributed by atoms with Crippen molar-refractivity contribution in [2.45, 2.75) is 44.9 Å². The zero-order valence-corrected chi connectivity index (χ0v) is 22.4. The van der Waals surface area contributed by atoms with Gasteiger partial charge in [0, 0.05) is 46.5 Å². The van der Waals surface area contributed by atoms with Crippen LogP contribution in [0.15, 0.2) is 58.9 Å². The second-order valence-electron chi connectivity index (χ2n) is 9.23. The van der Waals surface area contributed by atoms with E-state index in [2.05, 4.69) is 5.32 Å². The first-order chi connectivity index (χ1) is 18.2. The molecule has 2 aliphatic rings. The molecular formula is C28H29ClN2O7. The van der Waals surface area contributed by atoms with Crippen molar-refractivity contribution in [1.82, 2.24) is 5.32 Å². The molecule has 0 unspecified atom stereocenters. The number of nitrogens with one attached hydrogen (secondary N) is 1. The standard InChI is InChI=1S/C28H29ClN2O7/c1-5-10-38-28(33)25-15(2)30-21-11-17(16-6-9-23(36-3)24(13-16)37-4)12-22(32)27(21)26(25)19-14-18(31(34)35)7-8-20(19)29/h6-9,13-14,17,26,30H,5,10-12H2,1-4H3/t17-,26+/m0/s1. The summed E-state index contributed by atoms with van der Waals surface area (Å²) in [6, 6.07) is 9.60. The number of rotatable bonds is 8. The lowest BCUT2D eigenvalue weighted by molar-refractivity contribution is -0.384. The number of Topliss-reactive ketones (excluding diaryl/α,β-unsaturated/α-hetero) is 1. The largest absolute Gasteiger partial charge is 0.493 e. The molecule has 1 aliphatic heterocycles. The van der Waals surface area contributed by atoms with Crippen LogP contribution < -0.4 is 14.8 Å². The third kappa shape index (κ3) is 5.11. The van der Waals surface area contributed by atoms with Crippen LogP contribution in [-0.4, -0.2) is 37.5 Å². The van der Waals surface area contributed by atoms with Gasteiger partial charge in [0.05, 0.1) is 31.3 Å². The minimum atomic E-state index is -0.901. The Morgan fingerprint density at radius 1 is 1.13 bits per heavy atom. The number of ketones is 1. The molecule has 0 spiro atoms. The van der Waals surface area contributed by atoms with Crippen molar-refractivity contribution in [3.63, 3.8) is 0 Å². The Hall–Kier alpha value is -3.85. The minimum Gasteiger partial charge on any atom is -0.493 e. The number of carbonyl (C=O) groups is 2. The number of ether oxygens (including phenoxy) is 3. The summed E-state index contributed by atoms with van der Waals surface area (Å²) in [4.78, 5) is 38.0. The van der Waals surface area contributed by atoms with E-state index in [-0.39, 0.29) is 41.0 Å². The summed E-state index contributed by atoms with van der Waals surface area (Å²) in [6.07, 6.45) is 1.28. The second-order valence-corrected chi connectivity index (χ2v) is 9.64. The van der Waals surface area contributed by atoms with Crippen molar-refractivity contribution in [2.75, 3.05) is 20.8 Å². The molecule has 0 radical (unpaired) electrons. The lowest BCUT2D eigenvalue weighted by atomic mass is 9.71. The predicted octanol–water partition coefficient (Wildman–Crippen LogP) is 5.58. The quantitative estimate of drug-likeness (QED) is 0.262. The average Bonchev–Trinajstić information content (AvgIpc) is 2.90. The van der Waals surface area contributed by atoms with Crippen molar-refractivity contribution in [2.24, 2.45) is 0 Å². The number of allylic oxidation sites excluding steroid dienone is 3. The molecule has 2 aromatic carbocycles. The van der Waals surface area contributed by atoms with Crippen LogP contribution in [0.4, 0.5) is 5.69 Å². The summed E-state index contributed by atoms with van der Waals surface area (Å²) in [5, 5.41) is 15.1. The monoisotopic (exact) mass is 540 g/mol. The minimum absolute atomic E-state index is 0.156. The van der Waals surface area contributed by atoms with E-state index in [1.165, 1.54) is 18.2 Å². The van der Waals surface area contributed by atoms with Gasteiger partial charge in [-0.05, 0) is 55.0 Å². The molecule has 0 fully saturated rings. The molecule has 200 valence electrons. The lowest BCUT2D eigenvalue weighted by Gasteiger charge is -2.37. The van der Waals surface area contributed by atoms with Gasteiger partial charge in [0.15, 0.2) is 17.3 Å². The number of halogens is 1. The topological polar surface area (TPSA) is 117 Å². The number of non-ortho nitro benzene ring substituents is 1. The zero-order valence-electron chi connectivity index (χ0n) is 21.6. The first kappa shape index (κ1) is 27.2. The Bertz CT molecular complexity index is 1360. The smallest absolute Gasteiger partial charge is 0.336 e. The molecule has 38 heavy (non-hydrogen) atoms. The highest BCUT2D eigenvalue weighted by Crippen LogP contribution is 2.48. The third-order valence-corrected chi connectivity index (χ3v) is 7.21. The number of hydrogen-bond acceptors (Lipinski definition) is 8. The first-order valence-corrected chi connectivity index (χ1v) is 12.6. The highest BCUT2D eigenvalue weighted by Gasteiger charge is 2.42. The number of esters is 1. The van der Waals surface area contributed by atoms with Gasteiger partial charge in [-0.1, -0.05) is 24.6 Å². The van der Waals surface area contributed by atoms with E-state index in [0.29, 0.717) is 46.9 Å². The lowest BCUT2D eigenvalue weighted by Crippen LogP contribution is -2.36. The Labute approximate surface area is 225 Å². The third-order valence-electron chi connectivity index (χ3n) is 6.87. The fourth-order valence-electron chi connectivity index (χ4n) is 5.10. The Kier molecular flexibility index (Phi) is 8.06. The van der Waals surface area contributed by atoms with Gasteiger partial charge in [-0.15, -0.1) is 0 Å². The van der Waals surface area contributed by atoms with E-state index in [9.17, 15) is 19.7 Å². The van der Waals surface area contributed by atoms with Gasteiger partial charge in [0.1, 0.15) is 0 Å². The van der Waals surface area contributed by atoms with E-state index in [4.69, 9.17) is 25.8 Å². The number of nitro benzene ring substituents is 1. The highest BCUT2D eigenvalue weighted by atomic mass is 35.5. The maximum absolute atomic E-state index is 13.8. The van der Waals surface area contributed by atoms with Crippen LogP contribution in [0.5, 0.6) is 11.5 Å². The zero-order chi connectivity index (χ0) is 27.6. The molecule has 1 heterocycles. The van der Waals surface area contributed by atoms with E-state index in [0.717, 1.165) is 5.56 Å². The van der Waals surface area contributed by atoms with Crippen molar-refractivity contribution in [3.8, 4) is 11.5 Å². The summed E-state index contributed by atoms with van der Waals surface area (Å²) in [5.74, 6) is -0.682. The van der Waals surface area contributed by atoms with E-state index in [1.54, 1.807) is 27.2 Å². The average molecular weight is 541 g/mol. The summed E-state index contributed by atoms with van der Waals surface area (Å²) in [5.41, 5.74) is 2.79. The van der Waals surface area contributed by atoms with Crippen molar-refractivity contribution >= 4 is 29.0 Å². The molecule has 2 aromatic rings. The number of benzene rings is 2. The molecule has 10 heteroatoms.